The summed E-state index contributed by atoms with van der Waals surface area (Å²) in [7, 11) is 0. The van der Waals surface area contributed by atoms with Crippen LogP contribution in [0, 0.1) is 12.8 Å². The molecule has 1 aliphatic heterocycles. The van der Waals surface area contributed by atoms with Crippen LogP contribution < -0.4 is 10.6 Å². The highest BCUT2D eigenvalue weighted by molar-refractivity contribution is 9.10. The Balaban J connectivity index is 1.98. The maximum Gasteiger partial charge on any atom is 0.0517 e. The molecule has 1 heterocycles. The van der Waals surface area contributed by atoms with Gasteiger partial charge in [-0.25, -0.2) is 0 Å². The Morgan fingerprint density at radius 1 is 1.38 bits per heavy atom. The predicted octanol–water partition coefficient (Wildman–Crippen LogP) is 3.33. The molecule has 1 saturated carbocycles. The number of benzene rings is 1. The van der Waals surface area contributed by atoms with Crippen molar-refractivity contribution in [2.45, 2.75) is 32.2 Å². The fourth-order valence-electron chi connectivity index (χ4n) is 3.12. The first kappa shape index (κ1) is 10.5. The Morgan fingerprint density at radius 3 is 2.81 bits per heavy atom. The SMILES string of the molecule is Cc1cc(N2CC3CCC2C3)c(Br)cc1N. The molecular formula is C13H17BrN2. The van der Waals surface area contributed by atoms with Crippen LogP contribution >= 0.6 is 15.9 Å². The van der Waals surface area contributed by atoms with Gasteiger partial charge >= 0.3 is 0 Å². The number of nitrogens with two attached hydrogens (primary N) is 1. The number of nitrogens with zero attached hydrogens (tertiary/aromatic N) is 1. The van der Waals surface area contributed by atoms with Crippen LogP contribution in [0.4, 0.5) is 11.4 Å². The van der Waals surface area contributed by atoms with Crippen LogP contribution in [0.2, 0.25) is 0 Å². The molecule has 1 saturated heterocycles. The standard InChI is InChI=1S/C13H17BrN2/c1-8-4-13(11(14)6-12(8)15)16-7-9-2-3-10(16)5-9/h4,6,9-10H,2-3,5,7,15H2,1H3. The number of halogens is 1. The largest absolute Gasteiger partial charge is 0.398 e. The summed E-state index contributed by atoms with van der Waals surface area (Å²) in [6.45, 7) is 3.31. The van der Waals surface area contributed by atoms with Crippen molar-refractivity contribution in [2.75, 3.05) is 17.2 Å². The molecule has 1 aromatic rings. The summed E-state index contributed by atoms with van der Waals surface area (Å²) in [5, 5.41) is 0. The van der Waals surface area contributed by atoms with Gasteiger partial charge in [0.05, 0.1) is 5.69 Å². The highest BCUT2D eigenvalue weighted by Crippen LogP contribution is 2.43. The van der Waals surface area contributed by atoms with E-state index in [0.29, 0.717) is 0 Å². The van der Waals surface area contributed by atoms with Crippen molar-refractivity contribution < 1.29 is 0 Å². The average molecular weight is 281 g/mol. The van der Waals surface area contributed by atoms with Crippen molar-refractivity contribution in [2.24, 2.45) is 5.92 Å². The van der Waals surface area contributed by atoms with Gasteiger partial charge in [-0.3, -0.25) is 0 Å². The molecule has 2 fully saturated rings. The van der Waals surface area contributed by atoms with Crippen molar-refractivity contribution >= 4 is 27.3 Å². The Morgan fingerprint density at radius 2 is 2.19 bits per heavy atom. The first-order valence-corrected chi connectivity index (χ1v) is 6.76. The topological polar surface area (TPSA) is 29.3 Å². The molecule has 2 atom stereocenters. The minimum absolute atomic E-state index is 0.768. The van der Waals surface area contributed by atoms with E-state index in [4.69, 9.17) is 5.73 Å². The minimum Gasteiger partial charge on any atom is -0.398 e. The van der Waals surface area contributed by atoms with E-state index in [-0.39, 0.29) is 0 Å². The molecule has 0 radical (unpaired) electrons. The normalized spacial score (nSPS) is 27.8. The smallest absolute Gasteiger partial charge is 0.0517 e. The van der Waals surface area contributed by atoms with E-state index < -0.39 is 0 Å². The van der Waals surface area contributed by atoms with Crippen molar-refractivity contribution in [3.05, 3.63) is 22.2 Å². The fourth-order valence-corrected chi connectivity index (χ4v) is 3.71. The Labute approximate surface area is 105 Å². The van der Waals surface area contributed by atoms with E-state index in [1.54, 1.807) is 0 Å². The number of aryl methyl sites for hydroxylation is 1. The van der Waals surface area contributed by atoms with Crippen molar-refractivity contribution in [1.29, 1.82) is 0 Å². The molecule has 2 N–H and O–H groups in total. The van der Waals surface area contributed by atoms with Crippen LogP contribution in [0.25, 0.3) is 0 Å². The summed E-state index contributed by atoms with van der Waals surface area (Å²) in [5.41, 5.74) is 9.30. The van der Waals surface area contributed by atoms with Gasteiger partial charge in [0.15, 0.2) is 0 Å². The number of nitrogen functional groups attached to an aromatic ring is 1. The molecule has 3 heteroatoms. The second-order valence-corrected chi connectivity index (χ2v) is 6.00. The molecular weight excluding hydrogens is 264 g/mol. The number of piperidine rings is 1. The number of rotatable bonds is 1. The van der Waals surface area contributed by atoms with Gasteiger partial charge in [-0.15, -0.1) is 0 Å². The van der Waals surface area contributed by atoms with Gasteiger partial charge in [-0.1, -0.05) is 0 Å². The van der Waals surface area contributed by atoms with E-state index >= 15 is 0 Å². The lowest BCUT2D eigenvalue weighted by Crippen LogP contribution is -2.32. The summed E-state index contributed by atoms with van der Waals surface area (Å²) < 4.78 is 1.14. The monoisotopic (exact) mass is 280 g/mol. The molecule has 2 aliphatic rings. The van der Waals surface area contributed by atoms with Gasteiger partial charge < -0.3 is 10.6 Å². The fraction of sp³-hybridized carbons (Fsp3) is 0.538. The van der Waals surface area contributed by atoms with E-state index in [1.807, 2.05) is 6.07 Å². The van der Waals surface area contributed by atoms with Gasteiger partial charge in [-0.05, 0) is 65.7 Å². The van der Waals surface area contributed by atoms with E-state index in [2.05, 4.69) is 33.8 Å². The third-order valence-corrected chi connectivity index (χ3v) is 4.69. The maximum absolute atomic E-state index is 5.92. The number of anilines is 2. The van der Waals surface area contributed by atoms with Crippen LogP contribution in [-0.2, 0) is 0 Å². The van der Waals surface area contributed by atoms with E-state index in [1.165, 1.54) is 37.1 Å². The lowest BCUT2D eigenvalue weighted by atomic mass is 10.1. The molecule has 16 heavy (non-hydrogen) atoms. The van der Waals surface area contributed by atoms with Crippen LogP contribution in [-0.4, -0.2) is 12.6 Å². The Kier molecular flexibility index (Phi) is 2.39. The van der Waals surface area contributed by atoms with Crippen molar-refractivity contribution in [3.8, 4) is 0 Å². The summed E-state index contributed by atoms with van der Waals surface area (Å²) in [6, 6.07) is 5.03. The molecule has 0 aromatic heterocycles. The summed E-state index contributed by atoms with van der Waals surface area (Å²) in [6.07, 6.45) is 4.17. The van der Waals surface area contributed by atoms with Gasteiger partial charge in [-0.2, -0.15) is 0 Å². The quantitative estimate of drug-likeness (QED) is 0.800. The zero-order chi connectivity index (χ0) is 11.3. The molecule has 3 rings (SSSR count). The number of hydrogen-bond acceptors (Lipinski definition) is 2. The molecule has 2 bridgehead atoms. The third-order valence-electron chi connectivity index (χ3n) is 4.05. The van der Waals surface area contributed by atoms with E-state index in [0.717, 1.165) is 22.1 Å². The van der Waals surface area contributed by atoms with Crippen LogP contribution in [0.1, 0.15) is 24.8 Å². The highest BCUT2D eigenvalue weighted by atomic mass is 79.9. The molecule has 1 aliphatic carbocycles. The lowest BCUT2D eigenvalue weighted by Gasteiger charge is -2.30. The number of hydrogen-bond donors (Lipinski definition) is 1. The average Bonchev–Trinajstić information content (AvgIpc) is 2.84. The van der Waals surface area contributed by atoms with Crippen LogP contribution in [0.3, 0.4) is 0 Å². The Bertz CT molecular complexity index is 430. The van der Waals surface area contributed by atoms with E-state index in [9.17, 15) is 0 Å². The third kappa shape index (κ3) is 1.53. The zero-order valence-corrected chi connectivity index (χ0v) is 11.1. The highest BCUT2D eigenvalue weighted by Gasteiger charge is 2.38. The summed E-state index contributed by atoms with van der Waals surface area (Å²) in [4.78, 5) is 2.56. The van der Waals surface area contributed by atoms with Crippen molar-refractivity contribution in [1.82, 2.24) is 0 Å². The predicted molar refractivity (Wildman–Crippen MR) is 71.8 cm³/mol. The van der Waals surface area contributed by atoms with Crippen molar-refractivity contribution in [3.63, 3.8) is 0 Å². The first-order valence-electron chi connectivity index (χ1n) is 5.97. The molecule has 0 amide bonds. The summed E-state index contributed by atoms with van der Waals surface area (Å²) >= 11 is 3.64. The summed E-state index contributed by atoms with van der Waals surface area (Å²) in [5.74, 6) is 0.926. The molecule has 1 aromatic carbocycles. The second kappa shape index (κ2) is 3.66. The zero-order valence-electron chi connectivity index (χ0n) is 9.54. The minimum atomic E-state index is 0.768. The number of fused-ring (bicyclic) bond motifs is 2. The van der Waals surface area contributed by atoms with Crippen LogP contribution in [0.15, 0.2) is 16.6 Å². The van der Waals surface area contributed by atoms with Gasteiger partial charge in [0.1, 0.15) is 0 Å². The Hall–Kier alpha value is -0.700. The maximum atomic E-state index is 5.92. The molecule has 2 unspecified atom stereocenters. The van der Waals surface area contributed by atoms with Gasteiger partial charge in [0, 0.05) is 22.7 Å². The molecule has 86 valence electrons. The molecule has 2 nitrogen and oxygen atoms in total. The molecule has 0 spiro atoms. The second-order valence-electron chi connectivity index (χ2n) is 5.15. The van der Waals surface area contributed by atoms with Gasteiger partial charge in [0.25, 0.3) is 0 Å². The lowest BCUT2D eigenvalue weighted by molar-refractivity contribution is 0.553. The van der Waals surface area contributed by atoms with Gasteiger partial charge in [0.2, 0.25) is 0 Å². The first-order chi connectivity index (χ1) is 7.65. The van der Waals surface area contributed by atoms with Crippen LogP contribution in [0.5, 0.6) is 0 Å².